The van der Waals surface area contributed by atoms with Gasteiger partial charge in [-0.1, -0.05) is 29.5 Å². The molecule has 0 bridgehead atoms. The Morgan fingerprint density at radius 2 is 1.93 bits per heavy atom. The minimum atomic E-state index is -0.0193. The second-order valence-corrected chi connectivity index (χ2v) is 7.53. The molecule has 1 aromatic heterocycles. The molecule has 0 aliphatic carbocycles. The highest BCUT2D eigenvalue weighted by atomic mass is 32.1. The van der Waals surface area contributed by atoms with Gasteiger partial charge in [0.05, 0.1) is 23.9 Å². The van der Waals surface area contributed by atoms with Crippen molar-refractivity contribution in [2.75, 3.05) is 50.1 Å². The summed E-state index contributed by atoms with van der Waals surface area (Å²) in [5, 5.41) is 3.56. The Kier molecular flexibility index (Phi) is 5.22. The summed E-state index contributed by atoms with van der Waals surface area (Å²) in [6, 6.07) is 16.1. The van der Waals surface area contributed by atoms with E-state index in [1.54, 1.807) is 7.11 Å². The van der Waals surface area contributed by atoms with Crippen LogP contribution in [-0.2, 0) is 4.79 Å². The van der Waals surface area contributed by atoms with E-state index in [1.807, 2.05) is 24.3 Å². The van der Waals surface area contributed by atoms with Gasteiger partial charge in [0.1, 0.15) is 5.75 Å². The van der Waals surface area contributed by atoms with Crippen molar-refractivity contribution in [2.45, 2.75) is 0 Å². The number of carbonyl (C=O) groups is 1. The van der Waals surface area contributed by atoms with E-state index >= 15 is 0 Å². The van der Waals surface area contributed by atoms with Crippen LogP contribution in [0.4, 0.5) is 10.8 Å². The highest BCUT2D eigenvalue weighted by molar-refractivity contribution is 7.22. The summed E-state index contributed by atoms with van der Waals surface area (Å²) in [5.41, 5.74) is 2.11. The number of carbonyl (C=O) groups excluding carboxylic acids is 1. The van der Waals surface area contributed by atoms with Gasteiger partial charge in [-0.3, -0.25) is 9.69 Å². The van der Waals surface area contributed by atoms with E-state index in [9.17, 15) is 4.79 Å². The Balaban J connectivity index is 1.31. The van der Waals surface area contributed by atoms with Gasteiger partial charge in [-0.05, 0) is 30.3 Å². The number of rotatable bonds is 5. The van der Waals surface area contributed by atoms with Crippen molar-refractivity contribution in [3.05, 3.63) is 48.5 Å². The zero-order valence-electron chi connectivity index (χ0n) is 15.2. The van der Waals surface area contributed by atoms with Crippen molar-refractivity contribution in [1.29, 1.82) is 0 Å². The minimum absolute atomic E-state index is 0.0193. The molecular formula is C20H22N4O2S. The Morgan fingerprint density at radius 3 is 2.67 bits per heavy atom. The fourth-order valence-electron chi connectivity index (χ4n) is 3.25. The number of piperazine rings is 1. The molecule has 2 aromatic carbocycles. The normalized spacial score (nSPS) is 15.1. The summed E-state index contributed by atoms with van der Waals surface area (Å²) in [4.78, 5) is 21.4. The van der Waals surface area contributed by atoms with Crippen molar-refractivity contribution in [3.63, 3.8) is 0 Å². The van der Waals surface area contributed by atoms with Crippen LogP contribution in [0.25, 0.3) is 10.2 Å². The quantitative estimate of drug-likeness (QED) is 0.735. The first-order valence-corrected chi connectivity index (χ1v) is 9.80. The van der Waals surface area contributed by atoms with Crippen LogP contribution in [-0.4, -0.2) is 55.6 Å². The summed E-state index contributed by atoms with van der Waals surface area (Å²) in [6.45, 7) is 4.00. The molecule has 1 fully saturated rings. The lowest BCUT2D eigenvalue weighted by Gasteiger charge is -2.35. The molecular weight excluding hydrogens is 360 g/mol. The Labute approximate surface area is 162 Å². The largest absolute Gasteiger partial charge is 0.497 e. The molecule has 1 aliphatic rings. The van der Waals surface area contributed by atoms with Gasteiger partial charge in [0, 0.05) is 31.9 Å². The van der Waals surface area contributed by atoms with E-state index in [0.29, 0.717) is 11.7 Å². The fraction of sp³-hybridized carbons (Fsp3) is 0.300. The van der Waals surface area contributed by atoms with Gasteiger partial charge in [-0.25, -0.2) is 4.98 Å². The number of hydrogen-bond donors (Lipinski definition) is 1. The van der Waals surface area contributed by atoms with E-state index in [-0.39, 0.29) is 5.91 Å². The van der Waals surface area contributed by atoms with Gasteiger partial charge in [0.15, 0.2) is 5.13 Å². The smallest absolute Gasteiger partial charge is 0.240 e. The molecule has 0 radical (unpaired) electrons. The second kappa shape index (κ2) is 7.94. The van der Waals surface area contributed by atoms with Crippen LogP contribution in [0.2, 0.25) is 0 Å². The fourth-order valence-corrected chi connectivity index (χ4v) is 4.16. The van der Waals surface area contributed by atoms with Crippen LogP contribution in [0.5, 0.6) is 5.75 Å². The third-order valence-electron chi connectivity index (χ3n) is 4.70. The zero-order chi connectivity index (χ0) is 18.6. The van der Waals surface area contributed by atoms with Crippen molar-refractivity contribution < 1.29 is 9.53 Å². The highest BCUT2D eigenvalue weighted by Crippen LogP contribution is 2.29. The lowest BCUT2D eigenvalue weighted by molar-refractivity contribution is -0.117. The molecule has 1 N–H and O–H groups in total. The third-order valence-corrected chi connectivity index (χ3v) is 5.64. The molecule has 1 amide bonds. The topological polar surface area (TPSA) is 57.7 Å². The molecule has 6 nitrogen and oxygen atoms in total. The summed E-state index contributed by atoms with van der Waals surface area (Å²) >= 11 is 1.47. The molecule has 1 aliphatic heterocycles. The van der Waals surface area contributed by atoms with Crippen LogP contribution in [0.15, 0.2) is 48.5 Å². The summed E-state index contributed by atoms with van der Waals surface area (Å²) in [6.07, 6.45) is 0. The number of nitrogens with zero attached hydrogens (tertiary/aromatic N) is 3. The maximum Gasteiger partial charge on any atom is 0.240 e. The number of anilines is 2. The number of aromatic nitrogens is 1. The van der Waals surface area contributed by atoms with Gasteiger partial charge < -0.3 is 15.0 Å². The lowest BCUT2D eigenvalue weighted by Crippen LogP contribution is -2.48. The average molecular weight is 382 g/mol. The minimum Gasteiger partial charge on any atom is -0.497 e. The number of benzene rings is 2. The van der Waals surface area contributed by atoms with Crippen molar-refractivity contribution in [3.8, 4) is 5.75 Å². The van der Waals surface area contributed by atoms with Crippen LogP contribution in [0.1, 0.15) is 0 Å². The summed E-state index contributed by atoms with van der Waals surface area (Å²) in [5.74, 6) is 0.773. The molecule has 4 rings (SSSR count). The van der Waals surface area contributed by atoms with Gasteiger partial charge >= 0.3 is 0 Å². The maximum atomic E-state index is 12.4. The molecule has 140 valence electrons. The predicted molar refractivity (Wildman–Crippen MR) is 110 cm³/mol. The average Bonchev–Trinajstić information content (AvgIpc) is 3.10. The first kappa shape index (κ1) is 17.8. The summed E-state index contributed by atoms with van der Waals surface area (Å²) in [7, 11) is 1.64. The van der Waals surface area contributed by atoms with Crippen LogP contribution in [0, 0.1) is 0 Å². The van der Waals surface area contributed by atoms with Gasteiger partial charge in [0.2, 0.25) is 5.91 Å². The standard InChI is InChI=1S/C20H22N4O2S/c1-26-16-7-8-17-18(13-16)27-20(21-17)22-19(25)14-23-9-11-24(12-10-23)15-5-3-2-4-6-15/h2-8,13H,9-12,14H2,1H3,(H,21,22,25). The Hall–Kier alpha value is -2.64. The number of fused-ring (bicyclic) bond motifs is 1. The van der Waals surface area contributed by atoms with Crippen LogP contribution >= 0.6 is 11.3 Å². The molecule has 0 atom stereocenters. The number of hydrogen-bond acceptors (Lipinski definition) is 6. The SMILES string of the molecule is COc1ccc2nc(NC(=O)CN3CCN(c4ccccc4)CC3)sc2c1. The molecule has 0 unspecified atom stereocenters. The predicted octanol–water partition coefficient (Wildman–Crippen LogP) is 3.07. The molecule has 1 saturated heterocycles. The maximum absolute atomic E-state index is 12.4. The monoisotopic (exact) mass is 382 g/mol. The Bertz CT molecular complexity index is 920. The number of thiazole rings is 1. The van der Waals surface area contributed by atoms with E-state index in [4.69, 9.17) is 4.74 Å². The summed E-state index contributed by atoms with van der Waals surface area (Å²) < 4.78 is 6.24. The lowest BCUT2D eigenvalue weighted by atomic mass is 10.2. The van der Waals surface area contributed by atoms with E-state index in [2.05, 4.69) is 44.4 Å². The van der Waals surface area contributed by atoms with Crippen molar-refractivity contribution in [1.82, 2.24) is 9.88 Å². The first-order valence-electron chi connectivity index (χ1n) is 8.98. The molecule has 7 heteroatoms. The second-order valence-electron chi connectivity index (χ2n) is 6.50. The van der Waals surface area contributed by atoms with Crippen LogP contribution < -0.4 is 15.0 Å². The Morgan fingerprint density at radius 1 is 1.15 bits per heavy atom. The van der Waals surface area contributed by atoms with Gasteiger partial charge in [0.25, 0.3) is 0 Å². The molecule has 0 spiro atoms. The van der Waals surface area contributed by atoms with E-state index < -0.39 is 0 Å². The highest BCUT2D eigenvalue weighted by Gasteiger charge is 2.19. The number of ether oxygens (including phenoxy) is 1. The van der Waals surface area contributed by atoms with E-state index in [0.717, 1.165) is 42.1 Å². The van der Waals surface area contributed by atoms with E-state index in [1.165, 1.54) is 17.0 Å². The first-order chi connectivity index (χ1) is 13.2. The van der Waals surface area contributed by atoms with Gasteiger partial charge in [-0.2, -0.15) is 0 Å². The third kappa shape index (κ3) is 4.20. The molecule has 0 saturated carbocycles. The molecule has 2 heterocycles. The van der Waals surface area contributed by atoms with Crippen molar-refractivity contribution in [2.24, 2.45) is 0 Å². The number of nitrogens with one attached hydrogen (secondary N) is 1. The number of amides is 1. The number of methoxy groups -OCH3 is 1. The zero-order valence-corrected chi connectivity index (χ0v) is 16.0. The molecule has 27 heavy (non-hydrogen) atoms. The van der Waals surface area contributed by atoms with Crippen LogP contribution in [0.3, 0.4) is 0 Å². The number of para-hydroxylation sites is 1. The van der Waals surface area contributed by atoms with Gasteiger partial charge in [-0.15, -0.1) is 0 Å². The van der Waals surface area contributed by atoms with Crippen molar-refractivity contribution >= 4 is 38.3 Å². The molecule has 3 aromatic rings.